The summed E-state index contributed by atoms with van der Waals surface area (Å²) in [6.45, 7) is 1.74. The summed E-state index contributed by atoms with van der Waals surface area (Å²) in [5.74, 6) is -5.29. The van der Waals surface area contributed by atoms with Gasteiger partial charge in [-0.25, -0.2) is 9.59 Å². The highest BCUT2D eigenvalue weighted by Crippen LogP contribution is 2.47. The number of non-ortho nitro benzene ring substituents is 1. The average Bonchev–Trinajstić information content (AvgIpc) is 1.43. The molecule has 24 heteroatoms. The normalized spacial score (nSPS) is 14.4. The van der Waals surface area contributed by atoms with Crippen LogP contribution in [0.25, 0.3) is 22.3 Å². The van der Waals surface area contributed by atoms with Gasteiger partial charge >= 0.3 is 18.2 Å². The van der Waals surface area contributed by atoms with Gasteiger partial charge in [0.05, 0.1) is 54.2 Å². The molecule has 0 aromatic heterocycles. The summed E-state index contributed by atoms with van der Waals surface area (Å²) in [5, 5.41) is 37.8. The third kappa shape index (κ3) is 19.0. The fraction of sp³-hybridized carbons (Fsp3) is 0.200. The standard InChI is InChI=1S/C100H91N11O13/c1-2-109(75-53-49-73(50-54-75)107-108-74-51-55-76(56-52-74)111(120)121)59-60-122-94(115)58-57-93(114)110-63-89(101-95(116)87(103-97(118)123-65-85-81-45-25-21-41-77(81)78-42-22-26-46-82(78)85)61-91(112)105-99(67-29-9-3-10-30-67,68-31-11-4-12-32-68)69-33-13-5-14-34-69)90(64-110)102-96(117)88(104-98(119)124-66-86-83-47-27-23-43-79(83)80-44-24-28-48-84(80)86)62-92(113)106-100(70-35-15-6-16-36-70,71-37-17-7-18-38-71)72-39-19-8-20-40-72/h3-56,85-90H,2,57-66H2,1H3,(H,101,116)(H,102,117)(H,103,118)(H,104,119)(H,105,112)(H,106,113)/t87-,88-,89-,90-/m1/s1. The molecular formula is C100H91N11O13. The third-order valence-electron chi connectivity index (χ3n) is 23.0. The van der Waals surface area contributed by atoms with Crippen molar-refractivity contribution in [1.29, 1.82) is 0 Å². The zero-order valence-corrected chi connectivity index (χ0v) is 68.0. The monoisotopic (exact) mass is 1650 g/mol. The number of carbonyl (C=O) groups excluding carboxylic acids is 8. The zero-order chi connectivity index (χ0) is 85.9. The first-order chi connectivity index (χ1) is 60.5. The second-order valence-electron chi connectivity index (χ2n) is 30.6. The molecule has 3 aliphatic rings. The second-order valence-corrected chi connectivity index (χ2v) is 30.6. The van der Waals surface area contributed by atoms with Crippen molar-refractivity contribution in [2.75, 3.05) is 50.9 Å². The molecular weight excluding hydrogens is 1560 g/mol. The minimum atomic E-state index is -1.73. The second kappa shape index (κ2) is 38.9. The first kappa shape index (κ1) is 83.8. The topological polar surface area (TPSA) is 311 Å². The van der Waals surface area contributed by atoms with Crippen LogP contribution in [0, 0.1) is 10.1 Å². The van der Waals surface area contributed by atoms with Crippen LogP contribution < -0.4 is 36.8 Å². The molecule has 7 amide bonds. The van der Waals surface area contributed by atoms with Crippen LogP contribution in [-0.4, -0.2) is 128 Å². The number of anilines is 1. The zero-order valence-electron chi connectivity index (χ0n) is 68.0. The molecule has 1 saturated heterocycles. The van der Waals surface area contributed by atoms with Crippen LogP contribution in [0.15, 0.2) is 338 Å². The van der Waals surface area contributed by atoms with E-state index in [-0.39, 0.29) is 58.0 Å². The molecule has 15 rings (SSSR count). The number of azo groups is 1. The van der Waals surface area contributed by atoms with E-state index >= 15 is 19.2 Å². The van der Waals surface area contributed by atoms with Crippen molar-refractivity contribution in [2.45, 2.75) is 79.7 Å². The number of likely N-dealkylation sites (tertiary alicyclic amines) is 1. The van der Waals surface area contributed by atoms with E-state index in [1.54, 1.807) is 12.1 Å². The molecule has 0 spiro atoms. The Morgan fingerprint density at radius 2 is 0.750 bits per heavy atom. The minimum Gasteiger partial charge on any atom is -0.464 e. The molecule has 12 aromatic carbocycles. The maximum Gasteiger partial charge on any atom is 0.407 e. The lowest BCUT2D eigenvalue weighted by molar-refractivity contribution is -0.384. The predicted molar refractivity (Wildman–Crippen MR) is 470 cm³/mol. The van der Waals surface area contributed by atoms with Crippen molar-refractivity contribution in [1.82, 2.24) is 36.8 Å². The van der Waals surface area contributed by atoms with Gasteiger partial charge < -0.3 is 55.9 Å². The fourth-order valence-electron chi connectivity index (χ4n) is 17.0. The summed E-state index contributed by atoms with van der Waals surface area (Å²) in [5.41, 5.74) is 10.6. The van der Waals surface area contributed by atoms with Gasteiger partial charge in [-0.3, -0.25) is 38.9 Å². The Bertz CT molecular complexity index is 5270. The maximum atomic E-state index is 15.9. The molecule has 6 N–H and O–H groups in total. The summed E-state index contributed by atoms with van der Waals surface area (Å²) in [4.78, 5) is 135. The number of ether oxygens (including phenoxy) is 3. The lowest BCUT2D eigenvalue weighted by atomic mass is 9.77. The Balaban J connectivity index is 0.723. The Morgan fingerprint density at radius 3 is 1.08 bits per heavy atom. The number of carbonyl (C=O) groups is 8. The maximum absolute atomic E-state index is 15.9. The van der Waals surface area contributed by atoms with E-state index in [0.717, 1.165) is 50.2 Å². The highest BCUT2D eigenvalue weighted by molar-refractivity contribution is 5.94. The van der Waals surface area contributed by atoms with Gasteiger partial charge in [-0.05, 0) is 121 Å². The van der Waals surface area contributed by atoms with Crippen LogP contribution in [0.2, 0.25) is 0 Å². The minimum absolute atomic E-state index is 0.0571. The van der Waals surface area contributed by atoms with Gasteiger partial charge in [-0.15, -0.1) is 0 Å². The number of likely N-dealkylation sites (N-methyl/N-ethyl adjacent to an activating group) is 1. The number of nitrogens with one attached hydrogen (secondary N) is 6. The molecule has 12 aromatic rings. The van der Waals surface area contributed by atoms with Crippen LogP contribution in [0.4, 0.5) is 32.3 Å². The van der Waals surface area contributed by atoms with Gasteiger partial charge in [0.2, 0.25) is 29.5 Å². The lowest BCUT2D eigenvalue weighted by Gasteiger charge is -2.37. The first-order valence-electron chi connectivity index (χ1n) is 41.3. The Morgan fingerprint density at radius 1 is 0.427 bits per heavy atom. The number of benzene rings is 12. The number of alkyl carbamates (subject to hydrolysis) is 2. The number of esters is 1. The fourth-order valence-corrected chi connectivity index (χ4v) is 17.0. The number of amides is 7. The molecule has 624 valence electrons. The average molecular weight is 1650 g/mol. The molecule has 124 heavy (non-hydrogen) atoms. The van der Waals surface area contributed by atoms with Crippen LogP contribution >= 0.6 is 0 Å². The summed E-state index contributed by atoms with van der Waals surface area (Å²) >= 11 is 0. The van der Waals surface area contributed by atoms with Crippen molar-refractivity contribution >= 4 is 70.4 Å². The Labute approximate surface area is 717 Å². The molecule has 24 nitrogen and oxygen atoms in total. The van der Waals surface area contributed by atoms with Gasteiger partial charge in [-0.1, -0.05) is 279 Å². The highest BCUT2D eigenvalue weighted by atomic mass is 16.6. The van der Waals surface area contributed by atoms with E-state index in [0.29, 0.717) is 51.3 Å². The number of nitro benzene ring substituents is 1. The van der Waals surface area contributed by atoms with E-state index in [1.807, 2.05) is 303 Å². The van der Waals surface area contributed by atoms with E-state index in [9.17, 15) is 29.3 Å². The van der Waals surface area contributed by atoms with Gasteiger partial charge in [0, 0.05) is 55.7 Å². The van der Waals surface area contributed by atoms with E-state index in [4.69, 9.17) is 14.2 Å². The summed E-state index contributed by atoms with van der Waals surface area (Å²) in [6.07, 6.45) is -4.22. The molecule has 0 radical (unpaired) electrons. The molecule has 2 aliphatic carbocycles. The van der Waals surface area contributed by atoms with Gasteiger partial charge in [0.1, 0.15) is 43.0 Å². The van der Waals surface area contributed by atoms with Crippen molar-refractivity contribution in [3.63, 3.8) is 0 Å². The quantitative estimate of drug-likeness (QED) is 0.00556. The van der Waals surface area contributed by atoms with Gasteiger partial charge in [0.15, 0.2) is 0 Å². The van der Waals surface area contributed by atoms with Crippen molar-refractivity contribution < 1.29 is 57.5 Å². The smallest absolute Gasteiger partial charge is 0.407 e. The highest BCUT2D eigenvalue weighted by Gasteiger charge is 2.45. The number of hydrogen-bond donors (Lipinski definition) is 6. The summed E-state index contributed by atoms with van der Waals surface area (Å²) < 4.78 is 18.0. The number of nitrogens with zero attached hydrogens (tertiary/aromatic N) is 5. The molecule has 0 unspecified atom stereocenters. The molecule has 1 heterocycles. The van der Waals surface area contributed by atoms with Crippen LogP contribution in [-0.2, 0) is 54.1 Å². The Hall–Kier alpha value is -15.2. The van der Waals surface area contributed by atoms with Crippen LogP contribution in [0.5, 0.6) is 0 Å². The van der Waals surface area contributed by atoms with E-state index in [1.165, 1.54) is 29.2 Å². The van der Waals surface area contributed by atoms with Crippen LogP contribution in [0.1, 0.15) is 100 Å². The lowest BCUT2D eigenvalue weighted by Crippen LogP contribution is -2.59. The van der Waals surface area contributed by atoms with E-state index in [2.05, 4.69) is 42.1 Å². The third-order valence-corrected chi connectivity index (χ3v) is 23.0. The molecule has 0 saturated carbocycles. The molecule has 0 bridgehead atoms. The predicted octanol–water partition coefficient (Wildman–Crippen LogP) is 15.8. The SMILES string of the molecule is CCN(CCOC(=O)CCC(=O)N1C[C@@H](NC(=O)[C@@H](CC(=O)NC(c2ccccc2)(c2ccccc2)c2ccccc2)NC(=O)OCC2c3ccccc3-c3ccccc32)[C@H](NC(=O)[C@@H](CC(=O)NC(c2ccccc2)(c2ccccc2)c2ccccc2)NC(=O)OCC2c3ccccc3-c3ccccc32)C1)c1ccc(N=Nc2ccc([N+](=O)[O-])cc2)cc1. The van der Waals surface area contributed by atoms with Crippen molar-refractivity contribution in [2.24, 2.45) is 10.2 Å². The first-order valence-corrected chi connectivity index (χ1v) is 41.3. The number of rotatable bonds is 33. The number of fused-ring (bicyclic) bond motifs is 6. The van der Waals surface area contributed by atoms with E-state index < -0.39 is 113 Å². The number of nitro groups is 1. The molecule has 1 fully saturated rings. The van der Waals surface area contributed by atoms with Gasteiger partial charge in [-0.2, -0.15) is 10.2 Å². The molecule has 4 atom stereocenters. The van der Waals surface area contributed by atoms with Crippen molar-refractivity contribution in [3.05, 3.63) is 393 Å². The summed E-state index contributed by atoms with van der Waals surface area (Å²) in [6, 6.07) is 94.2. The van der Waals surface area contributed by atoms with Crippen LogP contribution in [0.3, 0.4) is 0 Å². The van der Waals surface area contributed by atoms with Gasteiger partial charge in [0.25, 0.3) is 5.69 Å². The van der Waals surface area contributed by atoms with Crippen molar-refractivity contribution in [3.8, 4) is 22.3 Å². The largest absolute Gasteiger partial charge is 0.464 e. The Kier molecular flexibility index (Phi) is 26.3. The number of hydrogen-bond acceptors (Lipinski definition) is 16. The molecule has 1 aliphatic heterocycles. The summed E-state index contributed by atoms with van der Waals surface area (Å²) in [7, 11) is 0.